The van der Waals surface area contributed by atoms with E-state index in [0.717, 1.165) is 4.47 Å². The van der Waals surface area contributed by atoms with Crippen molar-refractivity contribution in [2.75, 3.05) is 25.1 Å². The second-order valence-corrected chi connectivity index (χ2v) is 7.43. The molecule has 3 rings (SSSR count). The minimum Gasteiger partial charge on any atom is -0.479 e. The van der Waals surface area contributed by atoms with Gasteiger partial charge in [-0.1, -0.05) is 28.1 Å². The van der Waals surface area contributed by atoms with Gasteiger partial charge in [-0.05, 0) is 43.3 Å². The predicted molar refractivity (Wildman–Crippen MR) is 112 cm³/mol. The number of halogens is 1. The number of carbonyl (C=O) groups excluding carboxylic acids is 3. The Morgan fingerprint density at radius 1 is 1.20 bits per heavy atom. The molecule has 1 heterocycles. The predicted octanol–water partition coefficient (Wildman–Crippen LogP) is 2.30. The summed E-state index contributed by atoms with van der Waals surface area (Å²) in [4.78, 5) is 38.4. The summed E-state index contributed by atoms with van der Waals surface area (Å²) in [6.45, 7) is 1.07. The van der Waals surface area contributed by atoms with E-state index in [1.165, 1.54) is 11.9 Å². The van der Waals surface area contributed by atoms with Gasteiger partial charge in [-0.15, -0.1) is 0 Å². The topological polar surface area (TPSA) is 94.2 Å². The maximum absolute atomic E-state index is 12.8. The van der Waals surface area contributed by atoms with Crippen molar-refractivity contribution >= 4 is 39.4 Å². The van der Waals surface area contributed by atoms with E-state index in [1.807, 2.05) is 0 Å². The van der Waals surface area contributed by atoms with Crippen LogP contribution in [-0.2, 0) is 19.1 Å². The molecule has 2 aromatic rings. The number of amides is 2. The number of nitrogens with one attached hydrogen (secondary N) is 1. The van der Waals surface area contributed by atoms with E-state index >= 15 is 0 Å². The number of likely N-dealkylation sites (N-methyl/N-ethyl adjacent to an activating group) is 1. The van der Waals surface area contributed by atoms with Crippen molar-refractivity contribution in [1.82, 2.24) is 5.32 Å². The Bertz CT molecular complexity index is 933. The quantitative estimate of drug-likeness (QED) is 0.642. The van der Waals surface area contributed by atoms with Crippen molar-refractivity contribution in [3.05, 3.63) is 53.0 Å². The van der Waals surface area contributed by atoms with Crippen LogP contribution in [0.4, 0.5) is 5.69 Å². The molecule has 2 amide bonds. The zero-order chi connectivity index (χ0) is 21.7. The molecule has 0 saturated carbocycles. The van der Waals surface area contributed by atoms with Crippen LogP contribution in [0.2, 0.25) is 0 Å². The Kier molecular flexibility index (Phi) is 6.94. The number of hydrogen-bond donors (Lipinski definition) is 1. The summed E-state index contributed by atoms with van der Waals surface area (Å²) >= 11 is 3.33. The van der Waals surface area contributed by atoms with Gasteiger partial charge >= 0.3 is 5.97 Å². The van der Waals surface area contributed by atoms with Gasteiger partial charge in [-0.2, -0.15) is 0 Å². The fraction of sp³-hybridized carbons (Fsp3) is 0.286. The molecule has 30 heavy (non-hydrogen) atoms. The molecule has 9 heteroatoms. The molecule has 2 unspecified atom stereocenters. The van der Waals surface area contributed by atoms with E-state index in [0.29, 0.717) is 17.2 Å². The van der Waals surface area contributed by atoms with Gasteiger partial charge in [-0.25, -0.2) is 4.79 Å². The largest absolute Gasteiger partial charge is 0.479 e. The molecule has 2 atom stereocenters. The van der Waals surface area contributed by atoms with E-state index in [4.69, 9.17) is 14.2 Å². The van der Waals surface area contributed by atoms with Gasteiger partial charge in [0, 0.05) is 11.5 Å². The molecule has 0 radical (unpaired) electrons. The van der Waals surface area contributed by atoms with Crippen molar-refractivity contribution in [3.8, 4) is 11.5 Å². The minimum atomic E-state index is -0.894. The molecule has 0 saturated heterocycles. The summed E-state index contributed by atoms with van der Waals surface area (Å²) < 4.78 is 17.2. The van der Waals surface area contributed by atoms with Crippen LogP contribution in [0.1, 0.15) is 6.92 Å². The molecule has 1 aliphatic heterocycles. The summed E-state index contributed by atoms with van der Waals surface area (Å²) in [5.74, 6) is -0.580. The number of benzene rings is 2. The van der Waals surface area contributed by atoms with Crippen LogP contribution in [0.3, 0.4) is 0 Å². The summed E-state index contributed by atoms with van der Waals surface area (Å²) in [6.07, 6.45) is -1.75. The normalized spacial score (nSPS) is 16.0. The molecule has 0 aliphatic carbocycles. The number of carbonyl (C=O) groups is 3. The maximum Gasteiger partial charge on any atom is 0.347 e. The van der Waals surface area contributed by atoms with Gasteiger partial charge in [0.2, 0.25) is 0 Å². The van der Waals surface area contributed by atoms with Crippen LogP contribution in [0.25, 0.3) is 0 Å². The Hall–Kier alpha value is -3.07. The number of nitrogens with zero attached hydrogens (tertiary/aromatic N) is 1. The highest BCUT2D eigenvalue weighted by Crippen LogP contribution is 2.33. The van der Waals surface area contributed by atoms with Crippen molar-refractivity contribution in [2.45, 2.75) is 19.1 Å². The average Bonchev–Trinajstić information content (AvgIpc) is 2.77. The van der Waals surface area contributed by atoms with Crippen LogP contribution < -0.4 is 19.7 Å². The number of ether oxygens (including phenoxy) is 3. The van der Waals surface area contributed by atoms with Crippen LogP contribution >= 0.6 is 15.9 Å². The van der Waals surface area contributed by atoms with Crippen molar-refractivity contribution in [2.24, 2.45) is 0 Å². The molecule has 0 fully saturated rings. The molecule has 1 N–H and O–H groups in total. The van der Waals surface area contributed by atoms with E-state index in [2.05, 4.69) is 21.2 Å². The number of hydrogen-bond acceptors (Lipinski definition) is 6. The third kappa shape index (κ3) is 5.10. The van der Waals surface area contributed by atoms with Crippen LogP contribution in [-0.4, -0.2) is 50.2 Å². The van der Waals surface area contributed by atoms with Crippen molar-refractivity contribution in [1.29, 1.82) is 0 Å². The second-order valence-electron chi connectivity index (χ2n) is 6.51. The zero-order valence-electron chi connectivity index (χ0n) is 16.5. The number of fused-ring (bicyclic) bond motifs is 1. The lowest BCUT2D eigenvalue weighted by Gasteiger charge is -2.33. The van der Waals surface area contributed by atoms with Gasteiger partial charge < -0.3 is 24.4 Å². The molecule has 0 aromatic heterocycles. The van der Waals surface area contributed by atoms with E-state index < -0.39 is 30.7 Å². The van der Waals surface area contributed by atoms with E-state index in [-0.39, 0.29) is 12.5 Å². The summed E-state index contributed by atoms with van der Waals surface area (Å²) in [6, 6.07) is 13.9. The smallest absolute Gasteiger partial charge is 0.347 e. The van der Waals surface area contributed by atoms with E-state index in [1.54, 1.807) is 55.5 Å². The van der Waals surface area contributed by atoms with Gasteiger partial charge in [0.05, 0.1) is 12.2 Å². The first-order chi connectivity index (χ1) is 14.4. The molecule has 8 nitrogen and oxygen atoms in total. The zero-order valence-corrected chi connectivity index (χ0v) is 18.0. The monoisotopic (exact) mass is 476 g/mol. The highest BCUT2D eigenvalue weighted by molar-refractivity contribution is 9.10. The van der Waals surface area contributed by atoms with Gasteiger partial charge in [0.1, 0.15) is 11.5 Å². The first-order valence-electron chi connectivity index (χ1n) is 9.25. The van der Waals surface area contributed by atoms with Gasteiger partial charge in [0.25, 0.3) is 11.8 Å². The number of para-hydroxylation sites is 2. The van der Waals surface area contributed by atoms with Crippen molar-refractivity contribution < 1.29 is 28.6 Å². The number of anilines is 1. The third-order valence-corrected chi connectivity index (χ3v) is 4.94. The first-order valence-corrected chi connectivity index (χ1v) is 10.0. The van der Waals surface area contributed by atoms with Crippen LogP contribution in [0.5, 0.6) is 11.5 Å². The molecule has 2 aromatic carbocycles. The average molecular weight is 477 g/mol. The highest BCUT2D eigenvalue weighted by Gasteiger charge is 2.33. The Labute approximate surface area is 182 Å². The Morgan fingerprint density at radius 3 is 2.60 bits per heavy atom. The molecular weight excluding hydrogens is 456 g/mol. The molecule has 1 aliphatic rings. The maximum atomic E-state index is 12.8. The van der Waals surface area contributed by atoms with Gasteiger partial charge in [-0.3, -0.25) is 9.59 Å². The lowest BCUT2D eigenvalue weighted by atomic mass is 10.1. The first kappa shape index (κ1) is 21.6. The van der Waals surface area contributed by atoms with Gasteiger partial charge in [0.15, 0.2) is 18.8 Å². The Balaban J connectivity index is 1.62. The van der Waals surface area contributed by atoms with Crippen LogP contribution in [0, 0.1) is 0 Å². The Morgan fingerprint density at radius 2 is 1.90 bits per heavy atom. The number of rotatable bonds is 6. The standard InChI is InChI=1S/C21H21BrN2O6/c1-13(29-15-9-7-14(22)8-10-15)21(27)28-12-19(25)24-11-18(20(26)23-2)30-17-6-4-3-5-16(17)24/h3-10,13,18H,11-12H2,1-2H3,(H,23,26). The second kappa shape index (κ2) is 9.62. The van der Waals surface area contributed by atoms with E-state index in [9.17, 15) is 14.4 Å². The lowest BCUT2D eigenvalue weighted by Crippen LogP contribution is -2.51. The third-order valence-electron chi connectivity index (χ3n) is 4.41. The fourth-order valence-corrected chi connectivity index (χ4v) is 3.13. The van der Waals surface area contributed by atoms with Crippen molar-refractivity contribution in [3.63, 3.8) is 0 Å². The fourth-order valence-electron chi connectivity index (χ4n) is 2.86. The molecule has 158 valence electrons. The van der Waals surface area contributed by atoms with Crippen LogP contribution in [0.15, 0.2) is 53.0 Å². The highest BCUT2D eigenvalue weighted by atomic mass is 79.9. The number of esters is 1. The molecule has 0 spiro atoms. The molecular formula is C21H21BrN2O6. The lowest BCUT2D eigenvalue weighted by molar-refractivity contribution is -0.154. The molecule has 0 bridgehead atoms. The SMILES string of the molecule is CNC(=O)C1CN(C(=O)COC(=O)C(C)Oc2ccc(Br)cc2)c2ccccc2O1. The summed E-state index contributed by atoms with van der Waals surface area (Å²) in [5.41, 5.74) is 0.512. The summed E-state index contributed by atoms with van der Waals surface area (Å²) in [7, 11) is 1.49. The summed E-state index contributed by atoms with van der Waals surface area (Å²) in [5, 5.41) is 2.51. The minimum absolute atomic E-state index is 0.0119.